The highest BCUT2D eigenvalue weighted by Gasteiger charge is 2.30. The minimum absolute atomic E-state index is 0.106. The third-order valence-electron chi connectivity index (χ3n) is 1.90. The Kier molecular flexibility index (Phi) is 4.37. The molecule has 0 saturated heterocycles. The first-order valence-electron chi connectivity index (χ1n) is 4.68. The molecule has 1 rings (SSSR count). The van der Waals surface area contributed by atoms with Crippen molar-refractivity contribution in [1.82, 2.24) is 14.5 Å². The van der Waals surface area contributed by atoms with Crippen LogP contribution < -0.4 is 15.2 Å². The maximum absolute atomic E-state index is 11.9. The van der Waals surface area contributed by atoms with Crippen molar-refractivity contribution in [2.75, 3.05) is 11.3 Å². The number of nitrogens with one attached hydrogen (secondary N) is 2. The van der Waals surface area contributed by atoms with Gasteiger partial charge in [0, 0.05) is 7.05 Å². The smallest absolute Gasteiger partial charge is 0.389 e. The van der Waals surface area contributed by atoms with Gasteiger partial charge < -0.3 is 5.73 Å². The van der Waals surface area contributed by atoms with E-state index in [0.29, 0.717) is 0 Å². The van der Waals surface area contributed by atoms with Gasteiger partial charge in [0.1, 0.15) is 17.4 Å². The Morgan fingerprint density at radius 1 is 1.58 bits per heavy atom. The zero-order chi connectivity index (χ0) is 14.8. The number of rotatable bonds is 5. The third-order valence-corrected chi connectivity index (χ3v) is 3.10. The number of halogens is 3. The molecule has 0 unspecified atom stereocenters. The summed E-state index contributed by atoms with van der Waals surface area (Å²) >= 11 is 4.67. The molecule has 1 heterocycles. The number of thiocarbonyl (C=S) groups is 1. The van der Waals surface area contributed by atoms with Crippen LogP contribution in [-0.4, -0.2) is 35.9 Å². The van der Waals surface area contributed by atoms with E-state index in [9.17, 15) is 21.6 Å². The predicted molar refractivity (Wildman–Crippen MR) is 65.7 cm³/mol. The number of nitrogens with zero attached hydrogens (tertiary/aromatic N) is 2. The van der Waals surface area contributed by atoms with Gasteiger partial charge in [-0.15, -0.1) is 0 Å². The lowest BCUT2D eigenvalue weighted by Gasteiger charge is -2.12. The van der Waals surface area contributed by atoms with Gasteiger partial charge in [0.25, 0.3) is 0 Å². The summed E-state index contributed by atoms with van der Waals surface area (Å²) < 4.78 is 63.0. The summed E-state index contributed by atoms with van der Waals surface area (Å²) in [5.74, 6) is -0.123. The molecule has 0 saturated carbocycles. The molecule has 0 bridgehead atoms. The van der Waals surface area contributed by atoms with Crippen molar-refractivity contribution in [3.63, 3.8) is 0 Å². The second kappa shape index (κ2) is 5.30. The van der Waals surface area contributed by atoms with E-state index in [4.69, 9.17) is 5.73 Å². The first kappa shape index (κ1) is 15.7. The fourth-order valence-electron chi connectivity index (χ4n) is 1.08. The van der Waals surface area contributed by atoms with E-state index < -0.39 is 22.9 Å². The Morgan fingerprint density at radius 2 is 2.16 bits per heavy atom. The molecule has 12 heteroatoms. The molecule has 7 nitrogen and oxygen atoms in total. The fourth-order valence-corrected chi connectivity index (χ4v) is 2.15. The number of hydrogen-bond donors (Lipinski definition) is 3. The van der Waals surface area contributed by atoms with Crippen LogP contribution in [0.5, 0.6) is 0 Å². The zero-order valence-electron chi connectivity index (χ0n) is 9.52. The lowest BCUT2D eigenvalue weighted by atomic mass is 10.3. The summed E-state index contributed by atoms with van der Waals surface area (Å²) in [5, 5.41) is 3.70. The van der Waals surface area contributed by atoms with Gasteiger partial charge in [-0.3, -0.25) is 9.40 Å². The molecule has 0 aliphatic heterocycles. The predicted octanol–water partition coefficient (Wildman–Crippen LogP) is -0.137. The molecule has 0 aliphatic carbocycles. The van der Waals surface area contributed by atoms with Crippen LogP contribution >= 0.6 is 12.2 Å². The van der Waals surface area contributed by atoms with E-state index in [1.54, 1.807) is 0 Å². The van der Waals surface area contributed by atoms with E-state index in [1.165, 1.54) is 18.0 Å². The molecular formula is C7H10F3N5O2S2. The van der Waals surface area contributed by atoms with Crippen molar-refractivity contribution in [2.24, 2.45) is 12.8 Å². The largest absolute Gasteiger partial charge is 0.402 e. The Bertz CT molecular complexity index is 580. The standard InChI is InChI=1S/C7H10F3N5O2S2/c1-15-6(4(2-12-15)5(11)18)14-19(16,17)13-3-7(8,9)10/h2,13-14H,3H2,1H3,(H2,11,18). The quantitative estimate of drug-likeness (QED) is 0.656. The normalized spacial score (nSPS) is 12.4. The highest BCUT2D eigenvalue weighted by Crippen LogP contribution is 2.16. The topological polar surface area (TPSA) is 102 Å². The Labute approximate surface area is 112 Å². The van der Waals surface area contributed by atoms with Crippen LogP contribution in [0.3, 0.4) is 0 Å². The monoisotopic (exact) mass is 317 g/mol. The summed E-state index contributed by atoms with van der Waals surface area (Å²) in [6, 6.07) is 0. The molecule has 0 aliphatic rings. The fraction of sp³-hybridized carbons (Fsp3) is 0.429. The summed E-state index contributed by atoms with van der Waals surface area (Å²) in [6.07, 6.45) is -3.46. The molecule has 0 fully saturated rings. The summed E-state index contributed by atoms with van der Waals surface area (Å²) in [4.78, 5) is -0.137. The van der Waals surface area contributed by atoms with E-state index in [-0.39, 0.29) is 16.4 Å². The minimum atomic E-state index is -4.66. The number of anilines is 1. The van der Waals surface area contributed by atoms with Crippen LogP contribution in [0.4, 0.5) is 19.0 Å². The zero-order valence-corrected chi connectivity index (χ0v) is 11.2. The highest BCUT2D eigenvalue weighted by atomic mass is 32.2. The first-order valence-corrected chi connectivity index (χ1v) is 6.57. The highest BCUT2D eigenvalue weighted by molar-refractivity contribution is 7.90. The molecule has 0 amide bonds. The Hall–Kier alpha value is -1.40. The van der Waals surface area contributed by atoms with Crippen molar-refractivity contribution in [3.05, 3.63) is 11.8 Å². The van der Waals surface area contributed by atoms with Gasteiger partial charge in [0.15, 0.2) is 0 Å². The van der Waals surface area contributed by atoms with Gasteiger partial charge in [0.05, 0.1) is 11.8 Å². The van der Waals surface area contributed by atoms with Crippen LogP contribution in [-0.2, 0) is 17.3 Å². The molecule has 4 N–H and O–H groups in total. The molecule has 1 aromatic heterocycles. The molecule has 0 radical (unpaired) electrons. The van der Waals surface area contributed by atoms with Crippen molar-refractivity contribution in [1.29, 1.82) is 0 Å². The van der Waals surface area contributed by atoms with Gasteiger partial charge in [-0.05, 0) is 0 Å². The van der Waals surface area contributed by atoms with Gasteiger partial charge in [0.2, 0.25) is 0 Å². The van der Waals surface area contributed by atoms with Gasteiger partial charge in [-0.25, -0.2) is 0 Å². The Morgan fingerprint density at radius 3 is 2.63 bits per heavy atom. The average molecular weight is 317 g/mol. The van der Waals surface area contributed by atoms with Crippen molar-refractivity contribution in [3.8, 4) is 0 Å². The van der Waals surface area contributed by atoms with Crippen molar-refractivity contribution < 1.29 is 21.6 Å². The van der Waals surface area contributed by atoms with Gasteiger partial charge in [-0.1, -0.05) is 12.2 Å². The maximum atomic E-state index is 11.9. The van der Waals surface area contributed by atoms with E-state index in [0.717, 1.165) is 4.68 Å². The van der Waals surface area contributed by atoms with Crippen LogP contribution in [0.1, 0.15) is 5.56 Å². The van der Waals surface area contributed by atoms with Gasteiger partial charge >= 0.3 is 16.4 Å². The molecular weight excluding hydrogens is 307 g/mol. The average Bonchev–Trinajstić information content (AvgIpc) is 2.57. The number of nitrogens with two attached hydrogens (primary N) is 1. The number of hydrogen-bond acceptors (Lipinski definition) is 4. The van der Waals surface area contributed by atoms with Crippen molar-refractivity contribution in [2.45, 2.75) is 6.18 Å². The first-order chi connectivity index (χ1) is 8.52. The molecule has 19 heavy (non-hydrogen) atoms. The second-order valence-corrected chi connectivity index (χ2v) is 5.38. The number of alkyl halides is 3. The molecule has 0 atom stereocenters. The third kappa shape index (κ3) is 4.65. The van der Waals surface area contributed by atoms with Crippen LogP contribution in [0, 0.1) is 0 Å². The van der Waals surface area contributed by atoms with Gasteiger partial charge in [-0.2, -0.15) is 31.4 Å². The lowest BCUT2D eigenvalue weighted by molar-refractivity contribution is -0.121. The molecule has 1 aromatic rings. The summed E-state index contributed by atoms with van der Waals surface area (Å²) in [6.45, 7) is -1.69. The maximum Gasteiger partial charge on any atom is 0.402 e. The van der Waals surface area contributed by atoms with Crippen LogP contribution in [0.25, 0.3) is 0 Å². The SMILES string of the molecule is Cn1ncc(C(N)=S)c1NS(=O)(=O)NCC(F)(F)F. The molecule has 0 aromatic carbocycles. The summed E-state index contributed by atoms with van der Waals surface area (Å²) in [5.41, 5.74) is 5.44. The molecule has 108 valence electrons. The van der Waals surface area contributed by atoms with E-state index >= 15 is 0 Å². The summed E-state index contributed by atoms with van der Waals surface area (Å²) in [7, 11) is -3.03. The van der Waals surface area contributed by atoms with Crippen LogP contribution in [0.15, 0.2) is 6.20 Å². The Balaban J connectivity index is 2.90. The molecule has 0 spiro atoms. The van der Waals surface area contributed by atoms with E-state index in [1.807, 2.05) is 4.72 Å². The van der Waals surface area contributed by atoms with E-state index in [2.05, 4.69) is 17.3 Å². The van der Waals surface area contributed by atoms with Crippen LogP contribution in [0.2, 0.25) is 0 Å². The van der Waals surface area contributed by atoms with Crippen molar-refractivity contribution >= 4 is 33.2 Å². The number of aryl methyl sites for hydroxylation is 1. The number of aromatic nitrogens is 2. The minimum Gasteiger partial charge on any atom is -0.389 e. The second-order valence-electron chi connectivity index (χ2n) is 3.44. The lowest BCUT2D eigenvalue weighted by Crippen LogP contribution is -2.38.